The first kappa shape index (κ1) is 11.2. The van der Waals surface area contributed by atoms with Gasteiger partial charge in [0, 0.05) is 12.7 Å². The Hall–Kier alpha value is -1.91. The molecule has 1 rings (SSSR count). The predicted octanol–water partition coefficient (Wildman–Crippen LogP) is 1.30. The second-order valence-corrected chi connectivity index (χ2v) is 3.12. The molecule has 0 radical (unpaired) electrons. The predicted molar refractivity (Wildman–Crippen MR) is 55.5 cm³/mol. The van der Waals surface area contributed by atoms with E-state index in [0.29, 0.717) is 18.8 Å². The molecule has 1 heterocycles. The van der Waals surface area contributed by atoms with Gasteiger partial charge in [-0.1, -0.05) is 6.92 Å². The van der Waals surface area contributed by atoms with Gasteiger partial charge in [0.25, 0.3) is 0 Å². The summed E-state index contributed by atoms with van der Waals surface area (Å²) in [6, 6.07) is 7.72. The third kappa shape index (κ3) is 3.38. The highest BCUT2D eigenvalue weighted by Gasteiger charge is 2.03. The van der Waals surface area contributed by atoms with Gasteiger partial charge in [0.05, 0.1) is 12.6 Å². The van der Waals surface area contributed by atoms with Gasteiger partial charge in [0.2, 0.25) is 0 Å². The summed E-state index contributed by atoms with van der Waals surface area (Å²) >= 11 is 0. The normalized spacial score (nSPS) is 9.60. The molecule has 0 fully saturated rings. The quantitative estimate of drug-likeness (QED) is 0.687. The van der Waals surface area contributed by atoms with Gasteiger partial charge < -0.3 is 0 Å². The molecule has 0 N–H and O–H groups in total. The summed E-state index contributed by atoms with van der Waals surface area (Å²) in [5.41, 5.74) is 1.43. The molecular formula is C11H12N4. The van der Waals surface area contributed by atoms with Crippen molar-refractivity contribution in [3.8, 4) is 12.1 Å². The van der Waals surface area contributed by atoms with Crippen LogP contribution in [0.1, 0.15) is 18.2 Å². The SMILES string of the molecule is CCN(CC#N)Cc1ccnc(C#N)c1. The monoisotopic (exact) mass is 200 g/mol. The summed E-state index contributed by atoms with van der Waals surface area (Å²) in [5, 5.41) is 17.3. The average molecular weight is 200 g/mol. The number of hydrogen-bond acceptors (Lipinski definition) is 4. The molecule has 76 valence electrons. The smallest absolute Gasteiger partial charge is 0.140 e. The maximum atomic E-state index is 8.68. The molecule has 1 aromatic heterocycles. The molecule has 0 atom stereocenters. The maximum absolute atomic E-state index is 8.68. The molecule has 15 heavy (non-hydrogen) atoms. The molecule has 1 aromatic rings. The molecule has 0 aliphatic rings. The second kappa shape index (κ2) is 5.74. The fourth-order valence-electron chi connectivity index (χ4n) is 1.27. The minimum atomic E-state index is 0.403. The third-order valence-corrected chi connectivity index (χ3v) is 2.09. The number of nitriles is 2. The van der Waals surface area contributed by atoms with E-state index in [2.05, 4.69) is 11.1 Å². The van der Waals surface area contributed by atoms with Crippen molar-refractivity contribution >= 4 is 0 Å². The van der Waals surface area contributed by atoms with Crippen LogP contribution in [0, 0.1) is 22.7 Å². The van der Waals surface area contributed by atoms with E-state index in [-0.39, 0.29) is 0 Å². The van der Waals surface area contributed by atoms with Gasteiger partial charge >= 0.3 is 0 Å². The molecule has 0 spiro atoms. The molecule has 0 saturated carbocycles. The Bertz CT molecular complexity index is 400. The van der Waals surface area contributed by atoms with E-state index in [1.807, 2.05) is 24.0 Å². The van der Waals surface area contributed by atoms with E-state index < -0.39 is 0 Å². The van der Waals surface area contributed by atoms with Crippen molar-refractivity contribution in [1.29, 1.82) is 10.5 Å². The van der Waals surface area contributed by atoms with Gasteiger partial charge in [0.1, 0.15) is 11.8 Å². The van der Waals surface area contributed by atoms with Crippen LogP contribution in [0.2, 0.25) is 0 Å². The van der Waals surface area contributed by atoms with E-state index in [1.54, 1.807) is 12.3 Å². The van der Waals surface area contributed by atoms with E-state index in [4.69, 9.17) is 10.5 Å². The van der Waals surface area contributed by atoms with Crippen molar-refractivity contribution in [3.63, 3.8) is 0 Å². The van der Waals surface area contributed by atoms with Crippen LogP contribution in [0.15, 0.2) is 18.3 Å². The fourth-order valence-corrected chi connectivity index (χ4v) is 1.27. The zero-order valence-electron chi connectivity index (χ0n) is 8.64. The van der Waals surface area contributed by atoms with Crippen LogP contribution in [-0.2, 0) is 6.54 Å². The zero-order valence-corrected chi connectivity index (χ0v) is 8.64. The van der Waals surface area contributed by atoms with Crippen molar-refractivity contribution in [2.75, 3.05) is 13.1 Å². The molecule has 0 amide bonds. The van der Waals surface area contributed by atoms with Crippen LogP contribution in [-0.4, -0.2) is 23.0 Å². The Morgan fingerprint density at radius 2 is 2.27 bits per heavy atom. The van der Waals surface area contributed by atoms with Crippen molar-refractivity contribution < 1.29 is 0 Å². The zero-order chi connectivity index (χ0) is 11.1. The Morgan fingerprint density at radius 3 is 2.87 bits per heavy atom. The molecular weight excluding hydrogens is 188 g/mol. The lowest BCUT2D eigenvalue weighted by Crippen LogP contribution is -2.23. The highest BCUT2D eigenvalue weighted by Crippen LogP contribution is 2.04. The topological polar surface area (TPSA) is 63.7 Å². The molecule has 4 nitrogen and oxygen atoms in total. The van der Waals surface area contributed by atoms with Gasteiger partial charge in [-0.3, -0.25) is 4.90 Å². The summed E-state index contributed by atoms with van der Waals surface area (Å²) in [4.78, 5) is 5.89. The minimum Gasteiger partial charge on any atom is -0.287 e. The van der Waals surface area contributed by atoms with Crippen LogP contribution in [0.5, 0.6) is 0 Å². The molecule has 0 unspecified atom stereocenters. The first-order chi connectivity index (χ1) is 7.30. The van der Waals surface area contributed by atoms with Crippen molar-refractivity contribution in [2.24, 2.45) is 0 Å². The first-order valence-electron chi connectivity index (χ1n) is 4.74. The molecule has 0 aromatic carbocycles. The van der Waals surface area contributed by atoms with E-state index in [1.165, 1.54) is 0 Å². The highest BCUT2D eigenvalue weighted by molar-refractivity contribution is 5.25. The van der Waals surface area contributed by atoms with Crippen molar-refractivity contribution in [3.05, 3.63) is 29.6 Å². The van der Waals surface area contributed by atoms with Crippen LogP contribution < -0.4 is 0 Å². The number of rotatable bonds is 4. The molecule has 0 aliphatic heterocycles. The number of nitrogens with zero attached hydrogens (tertiary/aromatic N) is 4. The fraction of sp³-hybridized carbons (Fsp3) is 0.364. The summed E-state index contributed by atoms with van der Waals surface area (Å²) < 4.78 is 0. The molecule has 4 heteroatoms. The van der Waals surface area contributed by atoms with Crippen molar-refractivity contribution in [2.45, 2.75) is 13.5 Å². The largest absolute Gasteiger partial charge is 0.287 e. The maximum Gasteiger partial charge on any atom is 0.140 e. The van der Waals surface area contributed by atoms with Gasteiger partial charge in [-0.25, -0.2) is 4.98 Å². The Balaban J connectivity index is 2.72. The van der Waals surface area contributed by atoms with Crippen LogP contribution in [0.25, 0.3) is 0 Å². The minimum absolute atomic E-state index is 0.403. The van der Waals surface area contributed by atoms with Crippen molar-refractivity contribution in [1.82, 2.24) is 9.88 Å². The number of pyridine rings is 1. The second-order valence-electron chi connectivity index (χ2n) is 3.12. The standard InChI is InChI=1S/C11H12N4/c1-2-15(6-4-12)9-10-3-5-14-11(7-10)8-13/h3,5,7H,2,6,9H2,1H3. The first-order valence-corrected chi connectivity index (χ1v) is 4.74. The summed E-state index contributed by atoms with van der Waals surface area (Å²) in [5.74, 6) is 0. The Kier molecular flexibility index (Phi) is 4.28. The third-order valence-electron chi connectivity index (χ3n) is 2.09. The van der Waals surface area contributed by atoms with Gasteiger partial charge in [0.15, 0.2) is 0 Å². The lowest BCUT2D eigenvalue weighted by Gasteiger charge is -2.16. The Labute approximate surface area is 89.4 Å². The summed E-state index contributed by atoms with van der Waals surface area (Å²) in [6.45, 7) is 3.91. The van der Waals surface area contributed by atoms with E-state index >= 15 is 0 Å². The Morgan fingerprint density at radius 1 is 1.47 bits per heavy atom. The summed E-state index contributed by atoms with van der Waals surface area (Å²) in [6.07, 6.45) is 1.62. The van der Waals surface area contributed by atoms with E-state index in [9.17, 15) is 0 Å². The average Bonchev–Trinajstić information content (AvgIpc) is 2.29. The molecule has 0 bridgehead atoms. The van der Waals surface area contributed by atoms with Crippen LogP contribution in [0.3, 0.4) is 0 Å². The van der Waals surface area contributed by atoms with Gasteiger partial charge in [-0.15, -0.1) is 0 Å². The highest BCUT2D eigenvalue weighted by atomic mass is 15.1. The lowest BCUT2D eigenvalue weighted by molar-refractivity contribution is 0.314. The van der Waals surface area contributed by atoms with Gasteiger partial charge in [-0.2, -0.15) is 10.5 Å². The number of aromatic nitrogens is 1. The summed E-state index contributed by atoms with van der Waals surface area (Å²) in [7, 11) is 0. The van der Waals surface area contributed by atoms with E-state index in [0.717, 1.165) is 12.1 Å². The van der Waals surface area contributed by atoms with Crippen LogP contribution >= 0.6 is 0 Å². The van der Waals surface area contributed by atoms with Gasteiger partial charge in [-0.05, 0) is 24.2 Å². The lowest BCUT2D eigenvalue weighted by atomic mass is 10.2. The molecule has 0 saturated heterocycles. The number of hydrogen-bond donors (Lipinski definition) is 0. The van der Waals surface area contributed by atoms with Crippen LogP contribution in [0.4, 0.5) is 0 Å². The molecule has 0 aliphatic carbocycles.